The summed E-state index contributed by atoms with van der Waals surface area (Å²) in [5, 5.41) is 30.9. The first-order valence-electron chi connectivity index (χ1n) is 10.4. The van der Waals surface area contributed by atoms with Crippen molar-refractivity contribution in [1.29, 1.82) is 0 Å². The van der Waals surface area contributed by atoms with E-state index >= 15 is 0 Å². The number of rotatable bonds is 11. The number of carboxylic acid groups (broad SMARTS) is 1. The van der Waals surface area contributed by atoms with E-state index < -0.39 is 34.8 Å². The van der Waals surface area contributed by atoms with Gasteiger partial charge in [-0.2, -0.15) is 17.0 Å². The zero-order valence-electron chi connectivity index (χ0n) is 17.3. The molecule has 0 aromatic carbocycles. The maximum Gasteiger partial charge on any atom is 0.451 e. The maximum absolute atomic E-state index is 13.5. The van der Waals surface area contributed by atoms with Gasteiger partial charge >= 0.3 is 13.1 Å². The third-order valence-corrected chi connectivity index (χ3v) is 8.11. The van der Waals surface area contributed by atoms with Crippen LogP contribution < -0.4 is 11.1 Å². The van der Waals surface area contributed by atoms with E-state index in [-0.39, 0.29) is 38.4 Å². The van der Waals surface area contributed by atoms with Crippen molar-refractivity contribution in [2.45, 2.75) is 37.2 Å². The van der Waals surface area contributed by atoms with Crippen LogP contribution in [0.2, 0.25) is 6.32 Å². The molecule has 0 saturated carbocycles. The highest BCUT2D eigenvalue weighted by molar-refractivity contribution is 7.86. The van der Waals surface area contributed by atoms with Crippen LogP contribution in [0.5, 0.6) is 0 Å². The molecule has 0 spiro atoms. The lowest BCUT2D eigenvalue weighted by molar-refractivity contribution is -0.144. The highest BCUT2D eigenvalue weighted by atomic mass is 32.2. The van der Waals surface area contributed by atoms with E-state index in [0.29, 0.717) is 25.9 Å². The van der Waals surface area contributed by atoms with E-state index in [1.165, 1.54) is 4.31 Å². The molecule has 31 heavy (non-hydrogen) atoms. The summed E-state index contributed by atoms with van der Waals surface area (Å²) in [4.78, 5) is 16.2. The molecule has 0 amide bonds. The van der Waals surface area contributed by atoms with Crippen molar-refractivity contribution < 1.29 is 28.4 Å². The van der Waals surface area contributed by atoms with Crippen molar-refractivity contribution in [1.82, 2.24) is 18.9 Å². The monoisotopic (exact) mass is 455 g/mol. The van der Waals surface area contributed by atoms with E-state index in [9.17, 15) is 18.3 Å². The molecule has 3 rings (SSSR count). The third kappa shape index (κ3) is 5.42. The first-order valence-corrected chi connectivity index (χ1v) is 11.8. The number of nitrogens with one attached hydrogen (secondary N) is 1. The fourth-order valence-corrected chi connectivity index (χ4v) is 5.98. The van der Waals surface area contributed by atoms with Crippen molar-refractivity contribution in [2.75, 3.05) is 32.7 Å². The highest BCUT2D eigenvalue weighted by Gasteiger charge is 2.54. The number of aliphatic carboxylic acids is 1. The fraction of sp³-hybridized carbons (Fsp3) is 0.667. The van der Waals surface area contributed by atoms with Crippen LogP contribution in [0.15, 0.2) is 24.4 Å². The Morgan fingerprint density at radius 1 is 1.39 bits per heavy atom. The Kier molecular flexibility index (Phi) is 7.68. The molecule has 1 aromatic heterocycles. The molecule has 2 fully saturated rings. The van der Waals surface area contributed by atoms with Crippen LogP contribution in [0, 0.1) is 5.92 Å². The van der Waals surface area contributed by atoms with Gasteiger partial charge in [-0.05, 0) is 24.9 Å². The van der Waals surface area contributed by atoms with Crippen molar-refractivity contribution in [3.8, 4) is 0 Å². The van der Waals surface area contributed by atoms with Crippen LogP contribution in [-0.4, -0.2) is 94.6 Å². The minimum absolute atomic E-state index is 0.0209. The number of carboxylic acids is 1. The summed E-state index contributed by atoms with van der Waals surface area (Å²) >= 11 is 0. The molecule has 2 saturated heterocycles. The first kappa shape index (κ1) is 24.0. The van der Waals surface area contributed by atoms with Gasteiger partial charge in [-0.1, -0.05) is 12.5 Å². The predicted octanol–water partition coefficient (Wildman–Crippen LogP) is -1.89. The summed E-state index contributed by atoms with van der Waals surface area (Å²) in [6.45, 7) is 0.942. The van der Waals surface area contributed by atoms with Crippen LogP contribution in [0.1, 0.15) is 18.5 Å². The molecule has 0 unspecified atom stereocenters. The van der Waals surface area contributed by atoms with E-state index in [1.54, 1.807) is 12.3 Å². The lowest BCUT2D eigenvalue weighted by Gasteiger charge is -2.39. The van der Waals surface area contributed by atoms with Crippen LogP contribution >= 0.6 is 0 Å². The van der Waals surface area contributed by atoms with Gasteiger partial charge in [0.2, 0.25) is 0 Å². The van der Waals surface area contributed by atoms with Crippen LogP contribution in [0.3, 0.4) is 0 Å². The quantitative estimate of drug-likeness (QED) is 0.240. The minimum atomic E-state index is -3.95. The van der Waals surface area contributed by atoms with Crippen LogP contribution in [-0.2, 0) is 21.4 Å². The second-order valence-electron chi connectivity index (χ2n) is 8.25. The molecule has 2 atom stereocenters. The standard InChI is InChI=1S/C18H30BN5O6S/c20-18(17(25)26)13-23(12-14(18)4-3-7-19(27)28)31(29,30)24(16-10-21-11-16)9-6-15-5-1-2-8-22-15/h1-2,5,8,14,16,21,27-28H,3-4,6-7,9-13,20H2,(H,25,26)/t14-,18-/m0/s1. The Bertz CT molecular complexity index is 856. The van der Waals surface area contributed by atoms with Gasteiger partial charge in [-0.15, -0.1) is 0 Å². The molecule has 6 N–H and O–H groups in total. The van der Waals surface area contributed by atoms with Gasteiger partial charge in [0.15, 0.2) is 0 Å². The summed E-state index contributed by atoms with van der Waals surface area (Å²) in [5.74, 6) is -1.89. The van der Waals surface area contributed by atoms with Crippen LogP contribution in [0.25, 0.3) is 0 Å². The average molecular weight is 455 g/mol. The molecule has 0 aliphatic carbocycles. The molecule has 13 heteroatoms. The smallest absolute Gasteiger partial charge is 0.451 e. The molecule has 172 valence electrons. The van der Waals surface area contributed by atoms with Gasteiger partial charge in [0, 0.05) is 57.0 Å². The molecule has 2 aliphatic rings. The topological polar surface area (TPSA) is 169 Å². The minimum Gasteiger partial charge on any atom is -0.480 e. The molecule has 0 radical (unpaired) electrons. The lowest BCUT2D eigenvalue weighted by atomic mass is 9.78. The van der Waals surface area contributed by atoms with Crippen molar-refractivity contribution in [3.63, 3.8) is 0 Å². The largest absolute Gasteiger partial charge is 0.480 e. The van der Waals surface area contributed by atoms with E-state index in [4.69, 9.17) is 15.8 Å². The molecule has 2 aliphatic heterocycles. The first-order chi connectivity index (χ1) is 14.6. The number of carbonyl (C=O) groups is 1. The molecule has 0 bridgehead atoms. The van der Waals surface area contributed by atoms with E-state index in [2.05, 4.69) is 10.3 Å². The van der Waals surface area contributed by atoms with Crippen molar-refractivity contribution in [3.05, 3.63) is 30.1 Å². The molecule has 11 nitrogen and oxygen atoms in total. The average Bonchev–Trinajstić information content (AvgIpc) is 3.03. The second kappa shape index (κ2) is 9.90. The van der Waals surface area contributed by atoms with Gasteiger partial charge in [0.05, 0.1) is 6.04 Å². The SMILES string of the molecule is N[C@@]1(C(=O)O)CN(S(=O)(=O)N(CCc2ccccn2)C2CNC2)C[C@@H]1CCCB(O)O. The second-order valence-corrected chi connectivity index (χ2v) is 10.1. The zero-order chi connectivity index (χ0) is 22.6. The Balaban J connectivity index is 1.76. The predicted molar refractivity (Wildman–Crippen MR) is 114 cm³/mol. The summed E-state index contributed by atoms with van der Waals surface area (Å²) < 4.78 is 29.6. The Labute approximate surface area is 182 Å². The normalized spacial score (nSPS) is 25.0. The number of aromatic nitrogens is 1. The Morgan fingerprint density at radius 3 is 2.68 bits per heavy atom. The molecular formula is C18H30BN5O6S. The fourth-order valence-electron chi connectivity index (χ4n) is 4.09. The maximum atomic E-state index is 13.5. The molecule has 1 aromatic rings. The summed E-state index contributed by atoms with van der Waals surface area (Å²) in [6.07, 6.45) is 2.78. The number of hydrogen-bond acceptors (Lipinski definition) is 8. The number of nitrogens with two attached hydrogens (primary N) is 1. The zero-order valence-corrected chi connectivity index (χ0v) is 18.1. The number of pyridine rings is 1. The van der Waals surface area contributed by atoms with Gasteiger partial charge in [-0.3, -0.25) is 9.78 Å². The van der Waals surface area contributed by atoms with E-state index in [0.717, 1.165) is 10.00 Å². The Hall–Kier alpha value is -1.61. The number of nitrogens with zero attached hydrogens (tertiary/aromatic N) is 3. The lowest BCUT2D eigenvalue weighted by Crippen LogP contribution is -2.62. The molecule has 3 heterocycles. The van der Waals surface area contributed by atoms with E-state index in [1.807, 2.05) is 12.1 Å². The van der Waals surface area contributed by atoms with Gasteiger partial charge < -0.3 is 26.2 Å². The highest BCUT2D eigenvalue weighted by Crippen LogP contribution is 2.33. The van der Waals surface area contributed by atoms with Gasteiger partial charge in [-0.25, -0.2) is 0 Å². The van der Waals surface area contributed by atoms with Gasteiger partial charge in [0.1, 0.15) is 5.54 Å². The van der Waals surface area contributed by atoms with Crippen molar-refractivity contribution in [2.24, 2.45) is 11.7 Å². The molecular weight excluding hydrogens is 425 g/mol. The van der Waals surface area contributed by atoms with Gasteiger partial charge in [0.25, 0.3) is 10.2 Å². The van der Waals surface area contributed by atoms with Crippen molar-refractivity contribution >= 4 is 23.3 Å². The summed E-state index contributed by atoms with van der Waals surface area (Å²) in [5.41, 5.74) is 5.22. The van der Waals surface area contributed by atoms with Crippen LogP contribution in [0.4, 0.5) is 0 Å². The summed E-state index contributed by atoms with van der Waals surface area (Å²) in [7, 11) is -5.45. The summed E-state index contributed by atoms with van der Waals surface area (Å²) in [6, 6.07) is 5.26. The Morgan fingerprint density at radius 2 is 2.13 bits per heavy atom. The third-order valence-electron chi connectivity index (χ3n) is 6.11. The number of hydrogen-bond donors (Lipinski definition) is 5.